The minimum atomic E-state index is -0.864. The van der Waals surface area contributed by atoms with E-state index in [1.807, 2.05) is 19.8 Å². The van der Waals surface area contributed by atoms with E-state index < -0.39 is 16.8 Å². The standard InChI is InChI=1S/C21H21BClNO5/c1-24-7-6-21(22,17(28)10-24)19-15(27)8-13(25)18-14(26)9-16(29-20(18)19)11-4-2-3-5-12(11)23/h2-5,8-9,17,25,27-28H,6-7,10,22H2,1H3. The molecule has 0 bridgehead atoms. The van der Waals surface area contributed by atoms with Crippen molar-refractivity contribution in [3.05, 3.63) is 57.2 Å². The summed E-state index contributed by atoms with van der Waals surface area (Å²) >= 11 is 6.27. The van der Waals surface area contributed by atoms with Crippen LogP contribution in [0.3, 0.4) is 0 Å². The lowest BCUT2D eigenvalue weighted by molar-refractivity contribution is 0.0447. The Morgan fingerprint density at radius 1 is 1.24 bits per heavy atom. The van der Waals surface area contributed by atoms with Gasteiger partial charge in [-0.15, -0.1) is 0 Å². The third-order valence-corrected chi connectivity index (χ3v) is 6.23. The Morgan fingerprint density at radius 2 is 1.97 bits per heavy atom. The van der Waals surface area contributed by atoms with E-state index in [-0.39, 0.29) is 28.2 Å². The molecule has 1 fully saturated rings. The number of fused-ring (bicyclic) bond motifs is 1. The van der Waals surface area contributed by atoms with Crippen molar-refractivity contribution in [2.24, 2.45) is 0 Å². The number of hydrogen-bond acceptors (Lipinski definition) is 6. The van der Waals surface area contributed by atoms with Gasteiger partial charge in [-0.25, -0.2) is 0 Å². The van der Waals surface area contributed by atoms with Crippen LogP contribution in [-0.2, 0) is 5.31 Å². The number of likely N-dealkylation sites (N-methyl/N-ethyl adjacent to an activating group) is 1. The number of benzene rings is 2. The Balaban J connectivity index is 2.05. The van der Waals surface area contributed by atoms with Crippen LogP contribution in [0.4, 0.5) is 0 Å². The molecule has 6 nitrogen and oxygen atoms in total. The molecule has 1 aliphatic heterocycles. The summed E-state index contributed by atoms with van der Waals surface area (Å²) in [6.07, 6.45) is -0.257. The first-order valence-electron chi connectivity index (χ1n) is 9.37. The van der Waals surface area contributed by atoms with Crippen molar-refractivity contribution in [3.8, 4) is 22.8 Å². The zero-order valence-electron chi connectivity index (χ0n) is 16.1. The molecule has 150 valence electrons. The van der Waals surface area contributed by atoms with Crippen LogP contribution in [0.5, 0.6) is 11.5 Å². The van der Waals surface area contributed by atoms with Gasteiger partial charge in [0.1, 0.15) is 36.1 Å². The van der Waals surface area contributed by atoms with Gasteiger partial charge in [0.05, 0.1) is 11.1 Å². The number of rotatable bonds is 2. The fraction of sp³-hybridized carbons (Fsp3) is 0.286. The van der Waals surface area contributed by atoms with Crippen LogP contribution in [0.15, 0.2) is 45.6 Å². The summed E-state index contributed by atoms with van der Waals surface area (Å²) in [5.74, 6) is -0.363. The number of nitrogens with zero attached hydrogens (tertiary/aromatic N) is 1. The van der Waals surface area contributed by atoms with Gasteiger partial charge in [0.25, 0.3) is 0 Å². The summed E-state index contributed by atoms with van der Waals surface area (Å²) in [7, 11) is 3.74. The highest BCUT2D eigenvalue weighted by Crippen LogP contribution is 2.45. The molecule has 0 saturated carbocycles. The van der Waals surface area contributed by atoms with Crippen molar-refractivity contribution in [1.29, 1.82) is 0 Å². The topological polar surface area (TPSA) is 94.1 Å². The van der Waals surface area contributed by atoms with Gasteiger partial charge < -0.3 is 24.6 Å². The fourth-order valence-corrected chi connectivity index (χ4v) is 4.35. The van der Waals surface area contributed by atoms with Crippen LogP contribution in [-0.4, -0.2) is 54.3 Å². The molecule has 0 amide bonds. The predicted octanol–water partition coefficient (Wildman–Crippen LogP) is 2.05. The summed E-state index contributed by atoms with van der Waals surface area (Å²) in [6.45, 7) is 1.11. The van der Waals surface area contributed by atoms with Gasteiger partial charge >= 0.3 is 0 Å². The molecule has 0 radical (unpaired) electrons. The molecule has 0 aliphatic carbocycles. The Kier molecular flexibility index (Phi) is 4.85. The summed E-state index contributed by atoms with van der Waals surface area (Å²) in [5.41, 5.74) is 0.454. The van der Waals surface area contributed by atoms with E-state index in [1.54, 1.807) is 24.3 Å². The smallest absolute Gasteiger partial charge is 0.197 e. The lowest BCUT2D eigenvalue weighted by atomic mass is 9.56. The van der Waals surface area contributed by atoms with E-state index in [9.17, 15) is 20.1 Å². The molecule has 2 heterocycles. The summed E-state index contributed by atoms with van der Waals surface area (Å²) < 4.78 is 6.07. The number of aromatic hydroxyl groups is 2. The van der Waals surface area contributed by atoms with Gasteiger partial charge in [0.2, 0.25) is 0 Å². The Labute approximate surface area is 173 Å². The average Bonchev–Trinajstić information content (AvgIpc) is 2.65. The molecule has 2 atom stereocenters. The molecule has 4 rings (SSSR count). The van der Waals surface area contributed by atoms with Gasteiger partial charge in [0.15, 0.2) is 5.43 Å². The summed E-state index contributed by atoms with van der Waals surface area (Å²) in [4.78, 5) is 14.9. The van der Waals surface area contributed by atoms with Crippen molar-refractivity contribution >= 4 is 30.4 Å². The lowest BCUT2D eigenvalue weighted by Gasteiger charge is -2.43. The monoisotopic (exact) mass is 413 g/mol. The van der Waals surface area contributed by atoms with E-state index in [0.717, 1.165) is 6.07 Å². The molecular formula is C21H21BClNO5. The largest absolute Gasteiger partial charge is 0.507 e. The fourth-order valence-electron chi connectivity index (χ4n) is 4.12. The minimum Gasteiger partial charge on any atom is -0.507 e. The number of halogens is 1. The first-order chi connectivity index (χ1) is 13.7. The van der Waals surface area contributed by atoms with Crippen LogP contribution < -0.4 is 5.43 Å². The molecule has 3 N–H and O–H groups in total. The summed E-state index contributed by atoms with van der Waals surface area (Å²) in [5, 5.41) is 31.4. The highest BCUT2D eigenvalue weighted by atomic mass is 35.5. The number of aliphatic hydroxyl groups excluding tert-OH is 1. The number of aliphatic hydroxyl groups is 1. The third kappa shape index (κ3) is 3.19. The number of likely N-dealkylation sites (tertiary alicyclic amines) is 1. The Hall–Kier alpha value is -2.48. The SMILES string of the molecule is BC1(c2c(O)cc(O)c3c(=O)cc(-c4ccccc4Cl)oc23)CCN(C)CC1O. The second kappa shape index (κ2) is 7.09. The number of phenolic OH excluding ortho intramolecular Hbond substituents is 2. The molecule has 1 saturated heterocycles. The second-order valence-electron chi connectivity index (χ2n) is 7.89. The molecule has 1 aliphatic rings. The van der Waals surface area contributed by atoms with Crippen LogP contribution in [0.1, 0.15) is 12.0 Å². The van der Waals surface area contributed by atoms with E-state index >= 15 is 0 Å². The van der Waals surface area contributed by atoms with Gasteiger partial charge in [-0.1, -0.05) is 23.7 Å². The quantitative estimate of drug-likeness (QED) is 0.557. The van der Waals surface area contributed by atoms with E-state index in [1.165, 1.54) is 6.07 Å². The lowest BCUT2D eigenvalue weighted by Crippen LogP contribution is -2.53. The van der Waals surface area contributed by atoms with Crippen molar-refractivity contribution in [1.82, 2.24) is 4.90 Å². The zero-order valence-corrected chi connectivity index (χ0v) is 16.9. The maximum Gasteiger partial charge on any atom is 0.197 e. The molecule has 29 heavy (non-hydrogen) atoms. The predicted molar refractivity (Wildman–Crippen MR) is 115 cm³/mol. The number of hydrogen-bond donors (Lipinski definition) is 3. The summed E-state index contributed by atoms with van der Waals surface area (Å²) in [6, 6.07) is 9.36. The van der Waals surface area contributed by atoms with Crippen molar-refractivity contribution in [3.63, 3.8) is 0 Å². The Morgan fingerprint density at radius 3 is 2.66 bits per heavy atom. The molecule has 2 aromatic carbocycles. The normalized spacial score (nSPS) is 22.8. The molecule has 8 heteroatoms. The second-order valence-corrected chi connectivity index (χ2v) is 8.30. The maximum absolute atomic E-state index is 12.9. The van der Waals surface area contributed by atoms with E-state index in [2.05, 4.69) is 0 Å². The maximum atomic E-state index is 12.9. The molecule has 3 aromatic rings. The molecule has 2 unspecified atom stereocenters. The van der Waals surface area contributed by atoms with E-state index in [0.29, 0.717) is 35.7 Å². The van der Waals surface area contributed by atoms with Crippen LogP contribution >= 0.6 is 11.6 Å². The highest BCUT2D eigenvalue weighted by Gasteiger charge is 2.43. The van der Waals surface area contributed by atoms with Gasteiger partial charge in [0, 0.05) is 35.1 Å². The van der Waals surface area contributed by atoms with Gasteiger partial charge in [-0.2, -0.15) is 0 Å². The number of β-amino-alcohol motifs (C(OH)–C–C–N with tert-alkyl or cyclic N) is 1. The number of phenols is 2. The molecule has 0 spiro atoms. The molecular weight excluding hydrogens is 392 g/mol. The average molecular weight is 414 g/mol. The highest BCUT2D eigenvalue weighted by molar-refractivity contribution is 6.33. The third-order valence-electron chi connectivity index (χ3n) is 5.90. The van der Waals surface area contributed by atoms with Crippen LogP contribution in [0, 0.1) is 0 Å². The van der Waals surface area contributed by atoms with Crippen molar-refractivity contribution in [2.45, 2.75) is 17.8 Å². The minimum absolute atomic E-state index is 0.0269. The zero-order chi connectivity index (χ0) is 20.9. The first kappa shape index (κ1) is 19.8. The van der Waals surface area contributed by atoms with Crippen LogP contribution in [0.2, 0.25) is 5.02 Å². The van der Waals surface area contributed by atoms with Gasteiger partial charge in [-0.3, -0.25) is 4.79 Å². The van der Waals surface area contributed by atoms with Crippen LogP contribution in [0.25, 0.3) is 22.3 Å². The number of piperidine rings is 1. The first-order valence-corrected chi connectivity index (χ1v) is 9.75. The Bertz CT molecular complexity index is 1160. The van der Waals surface area contributed by atoms with Crippen molar-refractivity contribution < 1.29 is 19.7 Å². The molecule has 1 aromatic heterocycles. The van der Waals surface area contributed by atoms with E-state index in [4.69, 9.17) is 16.0 Å². The van der Waals surface area contributed by atoms with Crippen molar-refractivity contribution in [2.75, 3.05) is 20.1 Å². The van der Waals surface area contributed by atoms with Gasteiger partial charge in [-0.05, 0) is 32.1 Å².